The van der Waals surface area contributed by atoms with Crippen molar-refractivity contribution in [2.24, 2.45) is 5.73 Å². The van der Waals surface area contributed by atoms with Crippen molar-refractivity contribution in [1.82, 2.24) is 15.0 Å². The highest BCUT2D eigenvalue weighted by Gasteiger charge is 2.13. The molecule has 0 amide bonds. The van der Waals surface area contributed by atoms with Gasteiger partial charge in [0.25, 0.3) is 0 Å². The molecule has 0 saturated heterocycles. The molecule has 18 heavy (non-hydrogen) atoms. The van der Waals surface area contributed by atoms with E-state index < -0.39 is 0 Å². The van der Waals surface area contributed by atoms with Crippen molar-refractivity contribution in [1.29, 1.82) is 0 Å². The third kappa shape index (κ3) is 1.81. The molecule has 4 nitrogen and oxygen atoms in total. The molecular weight excluding hydrogens is 244 g/mol. The lowest BCUT2D eigenvalue weighted by molar-refractivity contribution is 0.954. The van der Waals surface area contributed by atoms with Crippen molar-refractivity contribution >= 4 is 22.4 Å². The summed E-state index contributed by atoms with van der Waals surface area (Å²) in [4.78, 5) is 13.4. The Morgan fingerprint density at radius 2 is 2.33 bits per heavy atom. The van der Waals surface area contributed by atoms with E-state index in [4.69, 9.17) is 5.73 Å². The monoisotopic (exact) mass is 258 g/mol. The minimum Gasteiger partial charge on any atom is -0.345 e. The largest absolute Gasteiger partial charge is 0.345 e. The first-order valence-corrected chi connectivity index (χ1v) is 6.70. The number of fused-ring (bicyclic) bond motifs is 1. The average Bonchev–Trinajstić information content (AvgIpc) is 2.93. The van der Waals surface area contributed by atoms with E-state index in [0.717, 1.165) is 33.7 Å². The Bertz CT molecular complexity index is 683. The van der Waals surface area contributed by atoms with Gasteiger partial charge in [-0.15, -0.1) is 11.3 Å². The number of pyridine rings is 1. The second-order valence-electron chi connectivity index (χ2n) is 4.15. The molecule has 3 heterocycles. The Morgan fingerprint density at radius 3 is 3.17 bits per heavy atom. The van der Waals surface area contributed by atoms with E-state index in [0.29, 0.717) is 6.54 Å². The molecule has 0 radical (unpaired) electrons. The number of nitrogens with one attached hydrogen (secondary N) is 1. The summed E-state index contributed by atoms with van der Waals surface area (Å²) in [6, 6.07) is 4.01. The van der Waals surface area contributed by atoms with Crippen molar-refractivity contribution in [2.45, 2.75) is 13.3 Å². The summed E-state index contributed by atoms with van der Waals surface area (Å²) < 4.78 is 0. The van der Waals surface area contributed by atoms with E-state index in [9.17, 15) is 0 Å². The maximum absolute atomic E-state index is 5.58. The number of thiazole rings is 1. The Labute approximate surface area is 109 Å². The van der Waals surface area contributed by atoms with Crippen LogP contribution in [-0.2, 0) is 6.42 Å². The fraction of sp³-hybridized carbons (Fsp3) is 0.231. The van der Waals surface area contributed by atoms with Crippen LogP contribution in [-0.4, -0.2) is 21.5 Å². The van der Waals surface area contributed by atoms with Gasteiger partial charge in [-0.25, -0.2) is 9.97 Å². The molecule has 0 bridgehead atoms. The van der Waals surface area contributed by atoms with Gasteiger partial charge >= 0.3 is 0 Å². The van der Waals surface area contributed by atoms with Crippen LogP contribution in [0.4, 0.5) is 0 Å². The summed E-state index contributed by atoms with van der Waals surface area (Å²) in [7, 11) is 0. The van der Waals surface area contributed by atoms with Gasteiger partial charge < -0.3 is 10.7 Å². The van der Waals surface area contributed by atoms with Crippen molar-refractivity contribution in [3.05, 3.63) is 34.4 Å². The van der Waals surface area contributed by atoms with E-state index in [2.05, 4.69) is 27.9 Å². The van der Waals surface area contributed by atoms with Crippen LogP contribution in [0.1, 0.15) is 9.88 Å². The van der Waals surface area contributed by atoms with Gasteiger partial charge in [0.1, 0.15) is 5.65 Å². The highest BCUT2D eigenvalue weighted by atomic mass is 32.1. The number of hydrogen-bond donors (Lipinski definition) is 2. The molecule has 0 unspecified atom stereocenters. The molecule has 92 valence electrons. The van der Waals surface area contributed by atoms with Crippen molar-refractivity contribution in [3.63, 3.8) is 0 Å². The molecule has 0 aliphatic carbocycles. The molecule has 3 rings (SSSR count). The quantitative estimate of drug-likeness (QED) is 0.758. The molecule has 0 aliphatic rings. The highest BCUT2D eigenvalue weighted by molar-refractivity contribution is 7.12. The molecule has 0 atom stereocenters. The summed E-state index contributed by atoms with van der Waals surface area (Å²) in [6.07, 6.45) is 4.61. The maximum Gasteiger partial charge on any atom is 0.137 e. The number of nitrogens with two attached hydrogens (primary N) is 1. The molecular formula is C13H14N4S. The summed E-state index contributed by atoms with van der Waals surface area (Å²) >= 11 is 1.72. The number of hydrogen-bond acceptors (Lipinski definition) is 4. The zero-order chi connectivity index (χ0) is 12.5. The Hall–Kier alpha value is -1.72. The highest BCUT2D eigenvalue weighted by Crippen LogP contribution is 2.32. The molecule has 0 saturated carbocycles. The lowest BCUT2D eigenvalue weighted by atomic mass is 10.1. The van der Waals surface area contributed by atoms with Gasteiger partial charge in [0, 0.05) is 34.6 Å². The van der Waals surface area contributed by atoms with Gasteiger partial charge in [0.2, 0.25) is 0 Å². The summed E-state index contributed by atoms with van der Waals surface area (Å²) in [5.41, 5.74) is 8.65. The van der Waals surface area contributed by atoms with E-state index in [1.807, 2.05) is 12.3 Å². The number of nitrogens with zero attached hydrogens (tertiary/aromatic N) is 2. The number of rotatable bonds is 3. The van der Waals surface area contributed by atoms with E-state index in [1.54, 1.807) is 17.5 Å². The van der Waals surface area contributed by atoms with E-state index in [-0.39, 0.29) is 0 Å². The number of aromatic amines is 1. The molecule has 3 aromatic rings. The lowest BCUT2D eigenvalue weighted by Gasteiger charge is -1.95. The van der Waals surface area contributed by atoms with Gasteiger partial charge in [-0.3, -0.25) is 0 Å². The molecule has 0 spiro atoms. The predicted molar refractivity (Wildman–Crippen MR) is 74.7 cm³/mol. The van der Waals surface area contributed by atoms with Gasteiger partial charge in [-0.2, -0.15) is 0 Å². The van der Waals surface area contributed by atoms with Crippen LogP contribution in [0.5, 0.6) is 0 Å². The van der Waals surface area contributed by atoms with Crippen LogP contribution in [0.3, 0.4) is 0 Å². The normalized spacial score (nSPS) is 11.2. The number of aryl methyl sites for hydroxylation is 1. The molecule has 5 heteroatoms. The summed E-state index contributed by atoms with van der Waals surface area (Å²) in [5.74, 6) is 0. The Kier molecular flexibility index (Phi) is 2.85. The standard InChI is InChI=1S/C13H14N4S/c1-8-12(17-11(18-8)4-5-14)10-7-16-13-9(10)3-2-6-15-13/h2-3,6-7H,4-5,14H2,1H3,(H,15,16). The van der Waals surface area contributed by atoms with Crippen LogP contribution < -0.4 is 5.73 Å². The van der Waals surface area contributed by atoms with E-state index >= 15 is 0 Å². The van der Waals surface area contributed by atoms with Crippen LogP contribution in [0.2, 0.25) is 0 Å². The zero-order valence-electron chi connectivity index (χ0n) is 10.1. The second kappa shape index (κ2) is 4.51. The first kappa shape index (κ1) is 11.4. The SMILES string of the molecule is Cc1sc(CCN)nc1-c1c[nH]c2ncccc12. The minimum absolute atomic E-state index is 0.641. The smallest absolute Gasteiger partial charge is 0.137 e. The zero-order valence-corrected chi connectivity index (χ0v) is 10.9. The summed E-state index contributed by atoms with van der Waals surface area (Å²) in [6.45, 7) is 2.74. The minimum atomic E-state index is 0.641. The predicted octanol–water partition coefficient (Wildman–Crippen LogP) is 2.50. The Morgan fingerprint density at radius 1 is 1.44 bits per heavy atom. The maximum atomic E-state index is 5.58. The van der Waals surface area contributed by atoms with Gasteiger partial charge in [0.05, 0.1) is 10.7 Å². The van der Waals surface area contributed by atoms with Crippen molar-refractivity contribution in [2.75, 3.05) is 6.54 Å². The van der Waals surface area contributed by atoms with Crippen LogP contribution >= 0.6 is 11.3 Å². The Balaban J connectivity index is 2.14. The van der Waals surface area contributed by atoms with Crippen LogP contribution in [0.15, 0.2) is 24.5 Å². The summed E-state index contributed by atoms with van der Waals surface area (Å²) in [5, 5.41) is 2.22. The average molecular weight is 258 g/mol. The topological polar surface area (TPSA) is 67.6 Å². The fourth-order valence-corrected chi connectivity index (χ4v) is 3.05. The molecule has 3 aromatic heterocycles. The number of H-pyrrole nitrogens is 1. The lowest BCUT2D eigenvalue weighted by Crippen LogP contribution is -2.01. The molecule has 0 fully saturated rings. The number of aromatic nitrogens is 3. The molecule has 3 N–H and O–H groups in total. The van der Waals surface area contributed by atoms with Crippen LogP contribution in [0, 0.1) is 6.92 Å². The molecule has 0 aromatic carbocycles. The van der Waals surface area contributed by atoms with Crippen molar-refractivity contribution in [3.8, 4) is 11.3 Å². The first-order valence-electron chi connectivity index (χ1n) is 5.88. The molecule has 0 aliphatic heterocycles. The van der Waals surface area contributed by atoms with Gasteiger partial charge in [0.15, 0.2) is 0 Å². The van der Waals surface area contributed by atoms with Crippen molar-refractivity contribution < 1.29 is 0 Å². The van der Waals surface area contributed by atoms with Gasteiger partial charge in [-0.1, -0.05) is 0 Å². The first-order chi connectivity index (χ1) is 8.79. The van der Waals surface area contributed by atoms with Crippen LogP contribution in [0.25, 0.3) is 22.3 Å². The third-order valence-electron chi connectivity index (χ3n) is 2.91. The second-order valence-corrected chi connectivity index (χ2v) is 5.44. The van der Waals surface area contributed by atoms with E-state index in [1.165, 1.54) is 4.88 Å². The van der Waals surface area contributed by atoms with Gasteiger partial charge in [-0.05, 0) is 25.6 Å². The third-order valence-corrected chi connectivity index (χ3v) is 3.94. The fourth-order valence-electron chi connectivity index (χ4n) is 2.08.